The molecule has 0 fully saturated rings. The number of amides is 1. The van der Waals surface area contributed by atoms with Gasteiger partial charge in [0.1, 0.15) is 11.4 Å². The maximum Gasteiger partial charge on any atom is 0.252 e. The molecule has 3 N–H and O–H groups in total. The zero-order chi connectivity index (χ0) is 27.0. The van der Waals surface area contributed by atoms with Gasteiger partial charge in [0.25, 0.3) is 5.91 Å². The number of carbonyl (C=O) groups excluding carboxylic acids is 1. The van der Waals surface area contributed by atoms with Crippen LogP contribution in [0.2, 0.25) is 5.02 Å². The Morgan fingerprint density at radius 2 is 1.97 bits per heavy atom. The zero-order valence-electron chi connectivity index (χ0n) is 22.1. The highest BCUT2D eigenvalue weighted by Gasteiger charge is 2.40. The molecule has 0 bridgehead atoms. The number of aliphatic hydroxyl groups is 1. The van der Waals surface area contributed by atoms with Gasteiger partial charge >= 0.3 is 0 Å². The third-order valence-electron chi connectivity index (χ3n) is 8.46. The number of allylic oxidation sites excluding steroid dienone is 4. The third-order valence-corrected chi connectivity index (χ3v) is 8.69. The highest BCUT2D eigenvalue weighted by atomic mass is 35.5. The van der Waals surface area contributed by atoms with E-state index in [4.69, 9.17) is 11.6 Å². The van der Waals surface area contributed by atoms with Gasteiger partial charge in [0.15, 0.2) is 0 Å². The summed E-state index contributed by atoms with van der Waals surface area (Å²) in [7, 11) is 0. The molecule has 5 rings (SSSR count). The number of hydrazine groups is 1. The average molecular weight is 536 g/mol. The Labute approximate surface area is 229 Å². The van der Waals surface area contributed by atoms with Crippen LogP contribution in [0.25, 0.3) is 0 Å². The summed E-state index contributed by atoms with van der Waals surface area (Å²) in [6.45, 7) is 5.90. The number of carbonyl (C=O) groups is 1. The summed E-state index contributed by atoms with van der Waals surface area (Å²) in [5, 5.41) is 16.7. The fraction of sp³-hybridized carbons (Fsp3) is 0.387. The average Bonchev–Trinajstić information content (AvgIpc) is 3.53. The van der Waals surface area contributed by atoms with E-state index in [1.807, 2.05) is 49.3 Å². The second-order valence-electron chi connectivity index (χ2n) is 10.6. The lowest BCUT2D eigenvalue weighted by Crippen LogP contribution is -2.47. The number of hydrogen-bond acceptors (Lipinski definition) is 4. The number of nitrogens with zero attached hydrogens (tertiary/aromatic N) is 1. The van der Waals surface area contributed by atoms with E-state index in [2.05, 4.69) is 23.7 Å². The fourth-order valence-corrected chi connectivity index (χ4v) is 6.31. The zero-order valence-corrected chi connectivity index (χ0v) is 22.9. The number of nitrogens with one attached hydrogen (secondary N) is 2. The minimum Gasteiger partial charge on any atom is -0.380 e. The van der Waals surface area contributed by atoms with Crippen molar-refractivity contribution in [3.8, 4) is 0 Å². The van der Waals surface area contributed by atoms with Gasteiger partial charge in [-0.2, -0.15) is 0 Å². The monoisotopic (exact) mass is 535 g/mol. The lowest BCUT2D eigenvalue weighted by molar-refractivity contribution is -0.141. The minimum absolute atomic E-state index is 0.203. The molecule has 1 amide bonds. The van der Waals surface area contributed by atoms with Crippen molar-refractivity contribution in [2.45, 2.75) is 64.5 Å². The van der Waals surface area contributed by atoms with E-state index in [0.717, 1.165) is 36.2 Å². The summed E-state index contributed by atoms with van der Waals surface area (Å²) in [5.41, 5.74) is 8.83. The van der Waals surface area contributed by atoms with E-state index in [-0.39, 0.29) is 29.6 Å². The van der Waals surface area contributed by atoms with Crippen molar-refractivity contribution in [2.75, 3.05) is 5.01 Å². The molecule has 1 unspecified atom stereocenters. The van der Waals surface area contributed by atoms with Crippen LogP contribution in [-0.2, 0) is 4.79 Å². The Hall–Kier alpha value is -3.09. The van der Waals surface area contributed by atoms with E-state index in [1.54, 1.807) is 12.1 Å². The second-order valence-corrected chi connectivity index (χ2v) is 11.0. The quantitative estimate of drug-likeness (QED) is 0.351. The van der Waals surface area contributed by atoms with Gasteiger partial charge in [0.2, 0.25) is 0 Å². The number of benzene rings is 2. The van der Waals surface area contributed by atoms with Crippen molar-refractivity contribution in [1.29, 1.82) is 0 Å². The van der Waals surface area contributed by atoms with Crippen molar-refractivity contribution in [2.24, 2.45) is 11.8 Å². The Balaban J connectivity index is 1.43. The van der Waals surface area contributed by atoms with Gasteiger partial charge in [-0.3, -0.25) is 9.80 Å². The highest BCUT2D eigenvalue weighted by molar-refractivity contribution is 6.30. The van der Waals surface area contributed by atoms with E-state index < -0.39 is 5.60 Å². The molecule has 0 spiro atoms. The van der Waals surface area contributed by atoms with Gasteiger partial charge in [0.05, 0.1) is 17.4 Å². The Kier molecular flexibility index (Phi) is 7.38. The molecule has 200 valence electrons. The van der Waals surface area contributed by atoms with Crippen LogP contribution in [-0.4, -0.2) is 16.6 Å². The summed E-state index contributed by atoms with van der Waals surface area (Å²) in [5.74, 6) is -0.113. The lowest BCUT2D eigenvalue weighted by Gasteiger charge is -2.32. The van der Waals surface area contributed by atoms with Gasteiger partial charge < -0.3 is 15.8 Å². The first-order chi connectivity index (χ1) is 18.2. The van der Waals surface area contributed by atoms with Gasteiger partial charge in [-0.05, 0) is 91.6 Å². The van der Waals surface area contributed by atoms with Crippen LogP contribution in [0.15, 0.2) is 83.2 Å². The molecular weight excluding hydrogens is 501 g/mol. The molecule has 0 saturated heterocycles. The smallest absolute Gasteiger partial charge is 0.252 e. The predicted octanol–water partition coefficient (Wildman–Crippen LogP) is 6.73. The Morgan fingerprint density at radius 1 is 1.24 bits per heavy atom. The molecule has 3 aliphatic rings. The van der Waals surface area contributed by atoms with Crippen molar-refractivity contribution in [1.82, 2.24) is 10.7 Å². The molecule has 3 atom stereocenters. The van der Waals surface area contributed by atoms with E-state index in [1.165, 1.54) is 28.9 Å². The number of anilines is 1. The van der Waals surface area contributed by atoms with Crippen LogP contribution in [0.1, 0.15) is 64.5 Å². The van der Waals surface area contributed by atoms with Crippen LogP contribution in [0.4, 0.5) is 10.1 Å². The van der Waals surface area contributed by atoms with Crippen LogP contribution in [0.5, 0.6) is 0 Å². The maximum absolute atomic E-state index is 13.5. The van der Waals surface area contributed by atoms with Crippen LogP contribution < -0.4 is 15.8 Å². The fourth-order valence-electron chi connectivity index (χ4n) is 6.11. The number of hydrogen-bond donors (Lipinski definition) is 3. The number of fused-ring (bicyclic) bond motifs is 1. The van der Waals surface area contributed by atoms with E-state index in [0.29, 0.717) is 17.9 Å². The number of rotatable bonds is 8. The molecule has 2 aromatic carbocycles. The standard InChI is InChI=1S/C31H35ClFN3O2/c1-4-31(38,5-2)30(37)35-27(20-7-6-8-23(32)15-20)16-21-9-10-22-17-28-26(19(3)29(21)22)18-34-36(28)25-13-11-24(33)12-14-25/h6-8,11-15,17-19,21,27,34,38H,4-5,9-10,16H2,1-3H3,(H,35,37)/t19-,21+,27?/m0/s1. The third kappa shape index (κ3) is 4.87. The van der Waals surface area contributed by atoms with Crippen LogP contribution >= 0.6 is 11.6 Å². The van der Waals surface area contributed by atoms with E-state index >= 15 is 0 Å². The predicted molar refractivity (Wildman–Crippen MR) is 150 cm³/mol. The summed E-state index contributed by atoms with van der Waals surface area (Å²) < 4.78 is 13.5. The first-order valence-corrected chi connectivity index (χ1v) is 13.9. The summed E-state index contributed by atoms with van der Waals surface area (Å²) >= 11 is 6.34. The first-order valence-electron chi connectivity index (χ1n) is 13.5. The molecule has 1 heterocycles. The molecular formula is C31H35ClFN3O2. The first kappa shape index (κ1) is 26.5. The molecule has 0 radical (unpaired) electrons. The molecule has 7 heteroatoms. The highest BCUT2D eigenvalue weighted by Crippen LogP contribution is 2.50. The lowest BCUT2D eigenvalue weighted by atomic mass is 9.78. The molecule has 2 aliphatic carbocycles. The normalized spacial score (nSPS) is 21.4. The van der Waals surface area contributed by atoms with E-state index in [9.17, 15) is 14.3 Å². The Morgan fingerprint density at radius 3 is 2.66 bits per heavy atom. The minimum atomic E-state index is -1.39. The molecule has 0 saturated carbocycles. The maximum atomic E-state index is 13.5. The largest absolute Gasteiger partial charge is 0.380 e. The molecule has 2 aromatic rings. The SMILES string of the molecule is CCC(O)(CC)C(=O)NC(C[C@H]1CCC2=C1[C@@H](C)C1=CNN(c3ccc(F)cc3)C1=C2)c1cccc(Cl)c1. The van der Waals surface area contributed by atoms with Crippen molar-refractivity contribution in [3.63, 3.8) is 0 Å². The van der Waals surface area contributed by atoms with Crippen molar-refractivity contribution >= 4 is 23.2 Å². The van der Waals surface area contributed by atoms with Gasteiger partial charge in [-0.1, -0.05) is 50.1 Å². The summed E-state index contributed by atoms with van der Waals surface area (Å²) in [6.07, 6.45) is 7.68. The molecule has 0 aromatic heterocycles. The Bertz CT molecular complexity index is 1310. The molecule has 38 heavy (non-hydrogen) atoms. The van der Waals surface area contributed by atoms with Crippen LogP contribution in [0.3, 0.4) is 0 Å². The summed E-state index contributed by atoms with van der Waals surface area (Å²) in [4.78, 5) is 13.2. The molecule has 5 nitrogen and oxygen atoms in total. The topological polar surface area (TPSA) is 64.6 Å². The molecule has 1 aliphatic heterocycles. The van der Waals surface area contributed by atoms with Gasteiger partial charge in [-0.15, -0.1) is 0 Å². The summed E-state index contributed by atoms with van der Waals surface area (Å²) in [6, 6.07) is 13.9. The van der Waals surface area contributed by atoms with Crippen molar-refractivity contribution < 1.29 is 14.3 Å². The van der Waals surface area contributed by atoms with Crippen LogP contribution in [0, 0.1) is 17.7 Å². The van der Waals surface area contributed by atoms with Gasteiger partial charge in [0, 0.05) is 22.7 Å². The number of halogens is 2. The van der Waals surface area contributed by atoms with Gasteiger partial charge in [-0.25, -0.2) is 4.39 Å². The second kappa shape index (κ2) is 10.6. The van der Waals surface area contributed by atoms with Crippen molar-refractivity contribution in [3.05, 3.63) is 99.6 Å².